The van der Waals surface area contributed by atoms with E-state index >= 15 is 0 Å². The maximum atomic E-state index is 12.6. The lowest BCUT2D eigenvalue weighted by atomic mass is 10.1. The summed E-state index contributed by atoms with van der Waals surface area (Å²) in [5.41, 5.74) is -1.92. The molecule has 0 aliphatic carbocycles. The van der Waals surface area contributed by atoms with E-state index in [1.165, 1.54) is 0 Å². The lowest BCUT2D eigenvalue weighted by Gasteiger charge is -2.13. The Labute approximate surface area is 136 Å². The van der Waals surface area contributed by atoms with Crippen LogP contribution in [0, 0.1) is 10.1 Å². The predicted molar refractivity (Wildman–Crippen MR) is 80.5 cm³/mol. The average molecular weight is 349 g/mol. The smallest absolute Gasteiger partial charge is 0.396 e. The number of anilines is 1. The summed E-state index contributed by atoms with van der Waals surface area (Å²) in [6, 6.07) is 1.93. The molecule has 24 heavy (non-hydrogen) atoms. The van der Waals surface area contributed by atoms with Crippen LogP contribution in [0.1, 0.15) is 25.3 Å². The third-order valence-corrected chi connectivity index (χ3v) is 3.16. The van der Waals surface area contributed by atoms with Crippen LogP contribution in [0.5, 0.6) is 0 Å². The second kappa shape index (κ2) is 8.48. The number of rotatable bonds is 8. The number of halogens is 3. The largest absolute Gasteiger partial charge is 0.416 e. The van der Waals surface area contributed by atoms with Gasteiger partial charge in [-0.05, 0) is 25.5 Å². The Bertz CT molecular complexity index is 593. The van der Waals surface area contributed by atoms with E-state index < -0.39 is 22.4 Å². The van der Waals surface area contributed by atoms with Crippen LogP contribution in [0.4, 0.5) is 24.5 Å². The normalized spacial score (nSPS) is 12.5. The second-order valence-corrected chi connectivity index (χ2v) is 5.14. The highest BCUT2D eigenvalue weighted by Crippen LogP contribution is 2.34. The number of benzene rings is 1. The van der Waals surface area contributed by atoms with Gasteiger partial charge in [-0.2, -0.15) is 13.2 Å². The van der Waals surface area contributed by atoms with Gasteiger partial charge >= 0.3 is 6.18 Å². The van der Waals surface area contributed by atoms with E-state index in [4.69, 9.17) is 5.11 Å². The zero-order chi connectivity index (χ0) is 18.3. The third kappa shape index (κ3) is 6.03. The van der Waals surface area contributed by atoms with Crippen molar-refractivity contribution in [2.75, 3.05) is 18.5 Å². The van der Waals surface area contributed by atoms with Crippen LogP contribution in [-0.4, -0.2) is 35.1 Å². The van der Waals surface area contributed by atoms with Crippen molar-refractivity contribution in [3.05, 3.63) is 33.9 Å². The van der Waals surface area contributed by atoms with Gasteiger partial charge in [0.05, 0.1) is 10.5 Å². The molecule has 1 aromatic carbocycles. The van der Waals surface area contributed by atoms with E-state index in [0.717, 1.165) is 12.1 Å². The number of nitro benzene ring substituents is 1. The first-order chi connectivity index (χ1) is 11.1. The number of aliphatic hydroxyl groups excluding tert-OH is 1. The molecule has 0 radical (unpaired) electrons. The van der Waals surface area contributed by atoms with Gasteiger partial charge < -0.3 is 15.7 Å². The van der Waals surface area contributed by atoms with Gasteiger partial charge in [-0.15, -0.1) is 0 Å². The number of nitrogens with one attached hydrogen (secondary N) is 2. The van der Waals surface area contributed by atoms with E-state index in [0.29, 0.717) is 12.5 Å². The number of carbonyl (C=O) groups excluding carboxylic acids is 1. The van der Waals surface area contributed by atoms with Crippen LogP contribution in [0.15, 0.2) is 18.2 Å². The average Bonchev–Trinajstić information content (AvgIpc) is 2.46. The molecule has 0 aromatic heterocycles. The quantitative estimate of drug-likeness (QED) is 0.493. The summed E-state index contributed by atoms with van der Waals surface area (Å²) in [5.74, 6) is -0.335. The lowest BCUT2D eigenvalue weighted by molar-refractivity contribution is -0.384. The monoisotopic (exact) mass is 349 g/mol. The SMILES string of the molecule is CC(CCO)NC(=O)CCNc1ccc(C(F)(F)F)cc1[N+](=O)[O-]. The molecule has 1 unspecified atom stereocenters. The Morgan fingerprint density at radius 1 is 1.42 bits per heavy atom. The highest BCUT2D eigenvalue weighted by atomic mass is 19.4. The van der Waals surface area contributed by atoms with E-state index in [1.54, 1.807) is 6.92 Å². The number of aliphatic hydroxyl groups is 1. The van der Waals surface area contributed by atoms with E-state index in [1.807, 2.05) is 0 Å². The van der Waals surface area contributed by atoms with Gasteiger partial charge in [-0.25, -0.2) is 0 Å². The zero-order valence-corrected chi connectivity index (χ0v) is 12.9. The molecule has 0 heterocycles. The summed E-state index contributed by atoms with van der Waals surface area (Å²) in [7, 11) is 0. The number of alkyl halides is 3. The minimum absolute atomic E-state index is 0.0177. The molecule has 0 spiro atoms. The van der Waals surface area contributed by atoms with Gasteiger partial charge in [0.25, 0.3) is 5.69 Å². The summed E-state index contributed by atoms with van der Waals surface area (Å²) in [5, 5.41) is 24.8. The highest BCUT2D eigenvalue weighted by Gasteiger charge is 2.33. The first kappa shape index (κ1) is 19.7. The molecular weight excluding hydrogens is 331 g/mol. The number of hydrogen-bond donors (Lipinski definition) is 3. The molecule has 1 atom stereocenters. The first-order valence-electron chi connectivity index (χ1n) is 7.15. The minimum Gasteiger partial charge on any atom is -0.396 e. The van der Waals surface area contributed by atoms with E-state index in [-0.39, 0.29) is 37.2 Å². The van der Waals surface area contributed by atoms with Crippen LogP contribution in [0.2, 0.25) is 0 Å². The van der Waals surface area contributed by atoms with Gasteiger partial charge in [0.15, 0.2) is 0 Å². The topological polar surface area (TPSA) is 104 Å². The summed E-state index contributed by atoms with van der Waals surface area (Å²) in [6.07, 6.45) is -4.30. The van der Waals surface area contributed by atoms with Crippen molar-refractivity contribution in [3.8, 4) is 0 Å². The lowest BCUT2D eigenvalue weighted by Crippen LogP contribution is -2.34. The fourth-order valence-electron chi connectivity index (χ4n) is 1.93. The molecule has 1 amide bonds. The Kier molecular flexibility index (Phi) is 6.96. The Hall–Kier alpha value is -2.36. The Morgan fingerprint density at radius 3 is 2.62 bits per heavy atom. The van der Waals surface area contributed by atoms with Crippen molar-refractivity contribution in [1.29, 1.82) is 0 Å². The maximum Gasteiger partial charge on any atom is 0.416 e. The summed E-state index contributed by atoms with van der Waals surface area (Å²) < 4.78 is 37.8. The van der Waals surface area contributed by atoms with Crippen LogP contribution >= 0.6 is 0 Å². The predicted octanol–water partition coefficient (Wildman–Crippen LogP) is 2.30. The van der Waals surface area contributed by atoms with Crippen LogP contribution in [0.25, 0.3) is 0 Å². The number of hydrogen-bond acceptors (Lipinski definition) is 5. The van der Waals surface area contributed by atoms with Crippen LogP contribution in [0.3, 0.4) is 0 Å². The molecule has 0 bridgehead atoms. The van der Waals surface area contributed by atoms with Crippen molar-refractivity contribution < 1.29 is 28.0 Å². The molecule has 1 rings (SSSR count). The molecule has 0 aliphatic heterocycles. The molecule has 134 valence electrons. The second-order valence-electron chi connectivity index (χ2n) is 5.14. The molecule has 0 saturated carbocycles. The van der Waals surface area contributed by atoms with Gasteiger partial charge in [0.2, 0.25) is 5.91 Å². The van der Waals surface area contributed by atoms with E-state index in [2.05, 4.69) is 10.6 Å². The van der Waals surface area contributed by atoms with Crippen molar-refractivity contribution in [2.24, 2.45) is 0 Å². The first-order valence-corrected chi connectivity index (χ1v) is 7.15. The fraction of sp³-hybridized carbons (Fsp3) is 0.500. The van der Waals surface area contributed by atoms with Crippen LogP contribution < -0.4 is 10.6 Å². The van der Waals surface area contributed by atoms with Crippen LogP contribution in [-0.2, 0) is 11.0 Å². The van der Waals surface area contributed by atoms with Gasteiger partial charge in [-0.3, -0.25) is 14.9 Å². The van der Waals surface area contributed by atoms with Gasteiger partial charge in [0.1, 0.15) is 5.69 Å². The Balaban J connectivity index is 2.68. The van der Waals surface area contributed by atoms with Crippen molar-refractivity contribution >= 4 is 17.3 Å². The number of carbonyl (C=O) groups is 1. The van der Waals surface area contributed by atoms with Gasteiger partial charge in [0, 0.05) is 31.7 Å². The summed E-state index contributed by atoms with van der Waals surface area (Å²) in [4.78, 5) is 21.6. The van der Waals surface area contributed by atoms with Crippen molar-refractivity contribution in [3.63, 3.8) is 0 Å². The molecule has 0 saturated heterocycles. The summed E-state index contributed by atoms with van der Waals surface area (Å²) in [6.45, 7) is 1.66. The summed E-state index contributed by atoms with van der Waals surface area (Å²) >= 11 is 0. The minimum atomic E-state index is -4.67. The van der Waals surface area contributed by atoms with Crippen molar-refractivity contribution in [1.82, 2.24) is 5.32 Å². The van der Waals surface area contributed by atoms with Gasteiger partial charge in [-0.1, -0.05) is 0 Å². The third-order valence-electron chi connectivity index (χ3n) is 3.16. The van der Waals surface area contributed by atoms with E-state index in [9.17, 15) is 28.1 Å². The fourth-order valence-corrected chi connectivity index (χ4v) is 1.93. The molecule has 3 N–H and O–H groups in total. The molecule has 0 aliphatic rings. The maximum absolute atomic E-state index is 12.6. The standard InChI is InChI=1S/C14H18F3N3O4/c1-9(5-7-21)19-13(22)4-6-18-11-3-2-10(14(15,16)17)8-12(11)20(23)24/h2-3,8-9,18,21H,4-7H2,1H3,(H,19,22). The molecular formula is C14H18F3N3O4. The zero-order valence-electron chi connectivity index (χ0n) is 12.9. The van der Waals surface area contributed by atoms with Crippen molar-refractivity contribution in [2.45, 2.75) is 32.0 Å². The molecule has 7 nitrogen and oxygen atoms in total. The molecule has 1 aromatic rings. The molecule has 0 fully saturated rings. The number of amides is 1. The number of nitro groups is 1. The molecule has 10 heteroatoms. The Morgan fingerprint density at radius 2 is 2.08 bits per heavy atom. The highest BCUT2D eigenvalue weighted by molar-refractivity contribution is 5.77. The number of nitrogens with zero attached hydrogens (tertiary/aromatic N) is 1.